The fourth-order valence-electron chi connectivity index (χ4n) is 3.19. The van der Waals surface area contributed by atoms with Crippen LogP contribution in [0.4, 0.5) is 15.8 Å². The van der Waals surface area contributed by atoms with E-state index in [1.165, 1.54) is 48.5 Å². The van der Waals surface area contributed by atoms with Crippen molar-refractivity contribution < 1.29 is 27.1 Å². The molecule has 0 spiro atoms. The molecule has 172 valence electrons. The van der Waals surface area contributed by atoms with Crippen LogP contribution in [0.2, 0.25) is 10.0 Å². The number of hydrogen-bond acceptors (Lipinski definition) is 5. The number of benzene rings is 3. The van der Waals surface area contributed by atoms with Gasteiger partial charge in [0.2, 0.25) is 5.91 Å². The molecule has 1 aliphatic rings. The average molecular weight is 511 g/mol. The lowest BCUT2D eigenvalue weighted by Crippen LogP contribution is -2.38. The van der Waals surface area contributed by atoms with Crippen LogP contribution in [0, 0.1) is 5.82 Å². The van der Waals surface area contributed by atoms with Crippen LogP contribution >= 0.6 is 23.2 Å². The molecule has 11 heteroatoms. The Balaban J connectivity index is 1.67. The van der Waals surface area contributed by atoms with Crippen molar-refractivity contribution >= 4 is 50.5 Å². The van der Waals surface area contributed by atoms with Gasteiger partial charge in [0.05, 0.1) is 10.6 Å². The fourth-order valence-corrected chi connectivity index (χ4v) is 5.15. The molecule has 0 aromatic heterocycles. The summed E-state index contributed by atoms with van der Waals surface area (Å²) in [5.74, 6) is -0.504. The molecule has 0 fully saturated rings. The van der Waals surface area contributed by atoms with E-state index in [1.807, 2.05) is 0 Å². The van der Waals surface area contributed by atoms with E-state index in [4.69, 9.17) is 32.7 Å². The van der Waals surface area contributed by atoms with Gasteiger partial charge >= 0.3 is 0 Å². The lowest BCUT2D eigenvalue weighted by atomic mass is 10.3. The van der Waals surface area contributed by atoms with Gasteiger partial charge in [0.25, 0.3) is 10.0 Å². The molecule has 7 nitrogen and oxygen atoms in total. The standard InChI is InChI=1S/C22H17Cl2FN2O5S/c23-14-9-15(24)11-17(10-14)26-22(28)13-27(18-3-1-16(25)2-4-18)33(29,30)19-5-6-20-21(12-19)32-8-7-31-20/h1-6,9-12H,7-8,13H2,(H,26,28). The second-order valence-corrected chi connectivity index (χ2v) is 9.74. The number of nitrogens with zero attached hydrogens (tertiary/aromatic N) is 1. The Kier molecular flexibility index (Phi) is 6.64. The number of carbonyl (C=O) groups excluding carboxylic acids is 1. The molecule has 0 aliphatic carbocycles. The quantitative estimate of drug-likeness (QED) is 0.517. The number of sulfonamides is 1. The number of fused-ring (bicyclic) bond motifs is 1. The highest BCUT2D eigenvalue weighted by molar-refractivity contribution is 7.92. The molecule has 0 radical (unpaired) electrons. The van der Waals surface area contributed by atoms with Crippen LogP contribution in [0.3, 0.4) is 0 Å². The predicted molar refractivity (Wildman–Crippen MR) is 123 cm³/mol. The van der Waals surface area contributed by atoms with E-state index in [2.05, 4.69) is 5.32 Å². The van der Waals surface area contributed by atoms with Gasteiger partial charge in [-0.1, -0.05) is 23.2 Å². The monoisotopic (exact) mass is 510 g/mol. The normalized spacial score (nSPS) is 12.8. The maximum absolute atomic E-state index is 13.5. The van der Waals surface area contributed by atoms with E-state index in [-0.39, 0.29) is 22.9 Å². The number of rotatable bonds is 6. The van der Waals surface area contributed by atoms with Gasteiger partial charge < -0.3 is 14.8 Å². The number of anilines is 2. The lowest BCUT2D eigenvalue weighted by Gasteiger charge is -2.25. The van der Waals surface area contributed by atoms with Crippen LogP contribution in [0.15, 0.2) is 65.6 Å². The number of ether oxygens (including phenoxy) is 2. The molecule has 1 heterocycles. The average Bonchev–Trinajstić information content (AvgIpc) is 2.77. The van der Waals surface area contributed by atoms with E-state index < -0.39 is 28.3 Å². The molecule has 4 rings (SSSR count). The summed E-state index contributed by atoms with van der Waals surface area (Å²) in [6.45, 7) is 0.0454. The summed E-state index contributed by atoms with van der Waals surface area (Å²) in [6, 6.07) is 13.4. The molecule has 1 N–H and O–H groups in total. The van der Waals surface area contributed by atoms with Crippen LogP contribution < -0.4 is 19.1 Å². The van der Waals surface area contributed by atoms with Crippen molar-refractivity contribution in [2.45, 2.75) is 4.90 Å². The summed E-state index contributed by atoms with van der Waals surface area (Å²) < 4.78 is 52.3. The highest BCUT2D eigenvalue weighted by atomic mass is 35.5. The first-order valence-electron chi connectivity index (χ1n) is 9.66. The van der Waals surface area contributed by atoms with E-state index in [1.54, 1.807) is 0 Å². The maximum atomic E-state index is 13.5. The zero-order chi connectivity index (χ0) is 23.6. The van der Waals surface area contributed by atoms with E-state index in [0.717, 1.165) is 16.4 Å². The Labute approximate surface area is 199 Å². The van der Waals surface area contributed by atoms with Crippen LogP contribution in [0.1, 0.15) is 0 Å². The van der Waals surface area contributed by atoms with Crippen LogP contribution in [-0.2, 0) is 14.8 Å². The zero-order valence-electron chi connectivity index (χ0n) is 16.9. The fraction of sp³-hybridized carbons (Fsp3) is 0.136. The number of nitrogens with one attached hydrogen (secondary N) is 1. The van der Waals surface area contributed by atoms with Crippen molar-refractivity contribution in [3.63, 3.8) is 0 Å². The van der Waals surface area contributed by atoms with Crippen molar-refractivity contribution in [1.82, 2.24) is 0 Å². The van der Waals surface area contributed by atoms with Crippen LogP contribution in [0.5, 0.6) is 11.5 Å². The largest absolute Gasteiger partial charge is 0.486 e. The lowest BCUT2D eigenvalue weighted by molar-refractivity contribution is -0.114. The molecule has 3 aromatic carbocycles. The van der Waals surface area contributed by atoms with Crippen LogP contribution in [0.25, 0.3) is 0 Å². The third kappa shape index (κ3) is 5.32. The first-order valence-corrected chi connectivity index (χ1v) is 11.9. The molecule has 0 atom stereocenters. The van der Waals surface area contributed by atoms with Crippen molar-refractivity contribution in [1.29, 1.82) is 0 Å². The first kappa shape index (κ1) is 23.2. The third-order valence-corrected chi connectivity index (χ3v) is 6.86. The molecule has 0 unspecified atom stereocenters. The van der Waals surface area contributed by atoms with Crippen molar-refractivity contribution in [2.75, 3.05) is 29.4 Å². The second-order valence-electron chi connectivity index (χ2n) is 7.00. The summed E-state index contributed by atoms with van der Waals surface area (Å²) >= 11 is 11.9. The van der Waals surface area contributed by atoms with Crippen LogP contribution in [-0.4, -0.2) is 34.1 Å². The minimum absolute atomic E-state index is 0.102. The molecule has 0 saturated carbocycles. The Morgan fingerprint density at radius 1 is 0.939 bits per heavy atom. The maximum Gasteiger partial charge on any atom is 0.264 e. The number of hydrogen-bond donors (Lipinski definition) is 1. The SMILES string of the molecule is O=C(CN(c1ccc(F)cc1)S(=O)(=O)c1ccc2c(c1)OCCO2)Nc1cc(Cl)cc(Cl)c1. The van der Waals surface area contributed by atoms with Gasteiger partial charge in [-0.05, 0) is 54.6 Å². The number of carbonyl (C=O) groups is 1. The number of amides is 1. The Morgan fingerprint density at radius 3 is 2.24 bits per heavy atom. The van der Waals surface area contributed by atoms with Gasteiger partial charge in [-0.15, -0.1) is 0 Å². The molecular weight excluding hydrogens is 494 g/mol. The van der Waals surface area contributed by atoms with E-state index in [0.29, 0.717) is 28.1 Å². The van der Waals surface area contributed by atoms with E-state index >= 15 is 0 Å². The van der Waals surface area contributed by atoms with Gasteiger partial charge in [-0.3, -0.25) is 9.10 Å². The van der Waals surface area contributed by atoms with Crippen molar-refractivity contribution in [2.24, 2.45) is 0 Å². The minimum Gasteiger partial charge on any atom is -0.486 e. The zero-order valence-corrected chi connectivity index (χ0v) is 19.3. The van der Waals surface area contributed by atoms with Gasteiger partial charge in [0, 0.05) is 21.8 Å². The summed E-state index contributed by atoms with van der Waals surface area (Å²) in [4.78, 5) is 12.7. The molecular formula is C22H17Cl2FN2O5S. The van der Waals surface area contributed by atoms with Gasteiger partial charge in [0.1, 0.15) is 25.6 Å². The van der Waals surface area contributed by atoms with Gasteiger partial charge in [-0.2, -0.15) is 0 Å². The highest BCUT2D eigenvalue weighted by Crippen LogP contribution is 2.34. The van der Waals surface area contributed by atoms with Crippen molar-refractivity contribution in [3.8, 4) is 11.5 Å². The molecule has 0 bridgehead atoms. The van der Waals surface area contributed by atoms with Gasteiger partial charge in [0.15, 0.2) is 11.5 Å². The Bertz CT molecular complexity index is 1280. The highest BCUT2D eigenvalue weighted by Gasteiger charge is 2.29. The molecule has 0 saturated heterocycles. The summed E-state index contributed by atoms with van der Waals surface area (Å²) in [6.07, 6.45) is 0. The smallest absolute Gasteiger partial charge is 0.264 e. The Morgan fingerprint density at radius 2 is 1.58 bits per heavy atom. The number of halogens is 3. The minimum atomic E-state index is -4.24. The van der Waals surface area contributed by atoms with E-state index in [9.17, 15) is 17.6 Å². The second kappa shape index (κ2) is 9.46. The predicted octanol–water partition coefficient (Wildman–Crippen LogP) is 4.74. The molecule has 33 heavy (non-hydrogen) atoms. The van der Waals surface area contributed by atoms with Crippen molar-refractivity contribution in [3.05, 3.63) is 76.5 Å². The summed E-state index contributed by atoms with van der Waals surface area (Å²) in [7, 11) is -4.24. The summed E-state index contributed by atoms with van der Waals surface area (Å²) in [5.41, 5.74) is 0.402. The third-order valence-electron chi connectivity index (χ3n) is 4.65. The molecule has 1 amide bonds. The Hall–Kier alpha value is -3.01. The molecule has 1 aliphatic heterocycles. The topological polar surface area (TPSA) is 84.9 Å². The molecule has 3 aromatic rings. The van der Waals surface area contributed by atoms with Gasteiger partial charge in [-0.25, -0.2) is 12.8 Å². The summed E-state index contributed by atoms with van der Waals surface area (Å²) in [5, 5.41) is 3.18. The first-order chi connectivity index (χ1) is 15.7.